The average molecular weight is 388 g/mol. The molecule has 2 aromatic rings. The summed E-state index contributed by atoms with van der Waals surface area (Å²) in [6.45, 7) is 2.79. The van der Waals surface area contributed by atoms with E-state index in [1.165, 1.54) is 17.8 Å². The number of methoxy groups -OCH3 is 1. The third-order valence-electron chi connectivity index (χ3n) is 4.53. The maximum Gasteiger partial charge on any atom is 0.265 e. The first-order valence-corrected chi connectivity index (χ1v) is 10.1. The minimum atomic E-state index is -0.165. The first-order chi connectivity index (χ1) is 13.2. The molecule has 27 heavy (non-hydrogen) atoms. The van der Waals surface area contributed by atoms with E-state index >= 15 is 0 Å². The SMILES string of the molecule is COCCNC(=O)c1cc(NC(=O)c2cccs2)ccc1N1CCCCC1. The second-order valence-electron chi connectivity index (χ2n) is 6.46. The number of carbonyl (C=O) groups is 2. The largest absolute Gasteiger partial charge is 0.383 e. The van der Waals surface area contributed by atoms with Crippen LogP contribution in [0.25, 0.3) is 0 Å². The Morgan fingerprint density at radius 3 is 2.67 bits per heavy atom. The Balaban J connectivity index is 1.82. The van der Waals surface area contributed by atoms with Crippen LogP contribution in [-0.2, 0) is 4.74 Å². The monoisotopic (exact) mass is 387 g/mol. The van der Waals surface area contributed by atoms with Crippen molar-refractivity contribution < 1.29 is 14.3 Å². The van der Waals surface area contributed by atoms with Gasteiger partial charge in [-0.25, -0.2) is 0 Å². The molecule has 1 saturated heterocycles. The van der Waals surface area contributed by atoms with Crippen molar-refractivity contribution in [2.45, 2.75) is 19.3 Å². The molecule has 0 atom stereocenters. The zero-order valence-electron chi connectivity index (χ0n) is 15.5. The molecule has 0 saturated carbocycles. The Labute approximate surface area is 163 Å². The number of piperidine rings is 1. The molecule has 1 aliphatic heterocycles. The zero-order chi connectivity index (χ0) is 19.1. The lowest BCUT2D eigenvalue weighted by Gasteiger charge is -2.30. The summed E-state index contributed by atoms with van der Waals surface area (Å²) in [5, 5.41) is 7.64. The second kappa shape index (κ2) is 9.53. The van der Waals surface area contributed by atoms with Gasteiger partial charge >= 0.3 is 0 Å². The van der Waals surface area contributed by atoms with E-state index in [2.05, 4.69) is 15.5 Å². The zero-order valence-corrected chi connectivity index (χ0v) is 16.3. The molecular weight excluding hydrogens is 362 g/mol. The molecule has 1 aliphatic rings. The van der Waals surface area contributed by atoms with Crippen molar-refractivity contribution in [1.29, 1.82) is 0 Å². The summed E-state index contributed by atoms with van der Waals surface area (Å²) in [5.41, 5.74) is 2.11. The van der Waals surface area contributed by atoms with Crippen LogP contribution in [0.5, 0.6) is 0 Å². The third-order valence-corrected chi connectivity index (χ3v) is 5.40. The van der Waals surface area contributed by atoms with E-state index < -0.39 is 0 Å². The van der Waals surface area contributed by atoms with E-state index in [-0.39, 0.29) is 11.8 Å². The number of nitrogens with zero attached hydrogens (tertiary/aromatic N) is 1. The van der Waals surface area contributed by atoms with Crippen molar-refractivity contribution in [3.05, 3.63) is 46.2 Å². The van der Waals surface area contributed by atoms with E-state index in [0.717, 1.165) is 31.6 Å². The molecule has 6 nitrogen and oxygen atoms in total. The Morgan fingerprint density at radius 2 is 1.96 bits per heavy atom. The number of hydrogen-bond acceptors (Lipinski definition) is 5. The maximum atomic E-state index is 12.7. The number of ether oxygens (including phenoxy) is 1. The van der Waals surface area contributed by atoms with Crippen LogP contribution in [0.2, 0.25) is 0 Å². The molecule has 3 rings (SSSR count). The summed E-state index contributed by atoms with van der Waals surface area (Å²) in [7, 11) is 1.60. The molecule has 1 aromatic heterocycles. The molecule has 2 N–H and O–H groups in total. The summed E-state index contributed by atoms with van der Waals surface area (Å²) in [5.74, 6) is -0.318. The molecule has 0 aliphatic carbocycles. The Morgan fingerprint density at radius 1 is 1.15 bits per heavy atom. The summed E-state index contributed by atoms with van der Waals surface area (Å²) in [4.78, 5) is 28.0. The molecule has 7 heteroatoms. The molecule has 1 aromatic carbocycles. The van der Waals surface area contributed by atoms with E-state index in [1.807, 2.05) is 23.6 Å². The lowest BCUT2D eigenvalue weighted by atomic mass is 10.1. The van der Waals surface area contributed by atoms with Crippen LogP contribution >= 0.6 is 11.3 Å². The van der Waals surface area contributed by atoms with Crippen molar-refractivity contribution in [1.82, 2.24) is 5.32 Å². The molecule has 0 unspecified atom stereocenters. The van der Waals surface area contributed by atoms with Gasteiger partial charge in [0.05, 0.1) is 17.0 Å². The van der Waals surface area contributed by atoms with Crippen molar-refractivity contribution in [2.24, 2.45) is 0 Å². The van der Waals surface area contributed by atoms with Gasteiger partial charge in [-0.05, 0) is 48.9 Å². The highest BCUT2D eigenvalue weighted by Crippen LogP contribution is 2.27. The number of anilines is 2. The number of carbonyl (C=O) groups excluding carboxylic acids is 2. The van der Waals surface area contributed by atoms with Crippen LogP contribution < -0.4 is 15.5 Å². The number of rotatable bonds is 7. The molecule has 0 bridgehead atoms. The maximum absolute atomic E-state index is 12.7. The van der Waals surface area contributed by atoms with Crippen molar-refractivity contribution in [3.8, 4) is 0 Å². The summed E-state index contributed by atoms with van der Waals surface area (Å²) in [6, 6.07) is 9.17. The summed E-state index contributed by atoms with van der Waals surface area (Å²) < 4.78 is 5.01. The fraction of sp³-hybridized carbons (Fsp3) is 0.400. The van der Waals surface area contributed by atoms with Gasteiger partial charge in [0.2, 0.25) is 0 Å². The lowest BCUT2D eigenvalue weighted by Crippen LogP contribution is -2.33. The van der Waals surface area contributed by atoms with Gasteiger partial charge in [0.1, 0.15) is 0 Å². The number of hydrogen-bond donors (Lipinski definition) is 2. The van der Waals surface area contributed by atoms with E-state index in [1.54, 1.807) is 19.2 Å². The first kappa shape index (κ1) is 19.4. The van der Waals surface area contributed by atoms with Crippen LogP contribution in [-0.4, -0.2) is 45.2 Å². The van der Waals surface area contributed by atoms with Gasteiger partial charge in [-0.1, -0.05) is 6.07 Å². The standard InChI is InChI=1S/C20H25N3O3S/c1-26-12-9-21-19(24)16-14-15(22-20(25)18-6-5-13-27-18)7-8-17(16)23-10-3-2-4-11-23/h5-8,13-14H,2-4,9-12H2,1H3,(H,21,24)(H,22,25). The molecule has 0 spiro atoms. The average Bonchev–Trinajstić information content (AvgIpc) is 3.24. The van der Waals surface area contributed by atoms with Gasteiger partial charge in [-0.2, -0.15) is 0 Å². The van der Waals surface area contributed by atoms with Gasteiger partial charge < -0.3 is 20.3 Å². The fourth-order valence-corrected chi connectivity index (χ4v) is 3.79. The predicted molar refractivity (Wildman–Crippen MR) is 109 cm³/mol. The summed E-state index contributed by atoms with van der Waals surface area (Å²) in [6.07, 6.45) is 3.48. The predicted octanol–water partition coefficient (Wildman–Crippen LogP) is 3.37. The highest BCUT2D eigenvalue weighted by atomic mass is 32.1. The fourth-order valence-electron chi connectivity index (χ4n) is 3.17. The molecule has 2 heterocycles. The Hall–Kier alpha value is -2.38. The number of amides is 2. The number of thiophene rings is 1. The highest BCUT2D eigenvalue weighted by Gasteiger charge is 2.20. The van der Waals surface area contributed by atoms with E-state index in [9.17, 15) is 9.59 Å². The van der Waals surface area contributed by atoms with Crippen LogP contribution in [0.15, 0.2) is 35.7 Å². The van der Waals surface area contributed by atoms with Gasteiger partial charge in [-0.3, -0.25) is 9.59 Å². The molecule has 1 fully saturated rings. The minimum absolute atomic E-state index is 0.153. The normalized spacial score (nSPS) is 14.0. The van der Waals surface area contributed by atoms with Crippen molar-refractivity contribution >= 4 is 34.5 Å². The van der Waals surface area contributed by atoms with Crippen molar-refractivity contribution in [3.63, 3.8) is 0 Å². The van der Waals surface area contributed by atoms with Gasteiger partial charge in [0.25, 0.3) is 11.8 Å². The van der Waals surface area contributed by atoms with Crippen LogP contribution in [0.1, 0.15) is 39.3 Å². The molecular formula is C20H25N3O3S. The topological polar surface area (TPSA) is 70.7 Å². The molecule has 144 valence electrons. The number of benzene rings is 1. The molecule has 2 amide bonds. The third kappa shape index (κ3) is 5.08. The minimum Gasteiger partial charge on any atom is -0.383 e. The molecule has 0 radical (unpaired) electrons. The van der Waals surface area contributed by atoms with Gasteiger partial charge in [0.15, 0.2) is 0 Å². The first-order valence-electron chi connectivity index (χ1n) is 9.20. The van der Waals surface area contributed by atoms with Crippen LogP contribution in [0.4, 0.5) is 11.4 Å². The quantitative estimate of drug-likeness (QED) is 0.715. The van der Waals surface area contributed by atoms with Gasteiger partial charge in [-0.15, -0.1) is 11.3 Å². The summed E-state index contributed by atoms with van der Waals surface area (Å²) >= 11 is 1.39. The van der Waals surface area contributed by atoms with Crippen molar-refractivity contribution in [2.75, 3.05) is 43.6 Å². The Kier molecular flexibility index (Phi) is 6.84. The van der Waals surface area contributed by atoms with E-state index in [4.69, 9.17) is 4.74 Å². The van der Waals surface area contributed by atoms with E-state index in [0.29, 0.717) is 29.3 Å². The van der Waals surface area contributed by atoms with Crippen LogP contribution in [0, 0.1) is 0 Å². The second-order valence-corrected chi connectivity index (χ2v) is 7.41. The highest BCUT2D eigenvalue weighted by molar-refractivity contribution is 7.12. The lowest BCUT2D eigenvalue weighted by molar-refractivity contribution is 0.0936. The Bertz CT molecular complexity index is 771. The smallest absolute Gasteiger partial charge is 0.265 e. The number of nitrogens with one attached hydrogen (secondary N) is 2. The van der Waals surface area contributed by atoms with Gasteiger partial charge in [0, 0.05) is 38.1 Å². The van der Waals surface area contributed by atoms with Crippen LogP contribution in [0.3, 0.4) is 0 Å².